The predicted molar refractivity (Wildman–Crippen MR) is 130 cm³/mol. The minimum atomic E-state index is 0.344. The molecule has 3 aromatic rings. The summed E-state index contributed by atoms with van der Waals surface area (Å²) in [5.74, 6) is 1.52. The number of hydrogen-bond donors (Lipinski definition) is 3. The fourth-order valence-electron chi connectivity index (χ4n) is 2.77. The van der Waals surface area contributed by atoms with E-state index in [2.05, 4.69) is 30.9 Å². The zero-order valence-electron chi connectivity index (χ0n) is 17.4. The van der Waals surface area contributed by atoms with Crippen molar-refractivity contribution < 1.29 is 4.74 Å². The van der Waals surface area contributed by atoms with Gasteiger partial charge in [-0.05, 0) is 62.0 Å². The zero-order valence-corrected chi connectivity index (χ0v) is 19.0. The number of benzene rings is 2. The molecule has 0 saturated heterocycles. The number of aryl methyl sites for hydroxylation is 2. The second-order valence-electron chi connectivity index (χ2n) is 6.67. The van der Waals surface area contributed by atoms with Crippen LogP contribution in [0.3, 0.4) is 0 Å². The van der Waals surface area contributed by atoms with Gasteiger partial charge in [-0.2, -0.15) is 0 Å². The van der Waals surface area contributed by atoms with E-state index >= 15 is 0 Å². The molecular weight excluding hydrogens is 432 g/mol. The molecule has 31 heavy (non-hydrogen) atoms. The molecule has 0 aliphatic carbocycles. The highest BCUT2D eigenvalue weighted by atomic mass is 35.5. The summed E-state index contributed by atoms with van der Waals surface area (Å²) in [5.41, 5.74) is 3.43. The van der Waals surface area contributed by atoms with Gasteiger partial charge in [-0.15, -0.1) is 0 Å². The summed E-state index contributed by atoms with van der Waals surface area (Å²) in [4.78, 5) is 13.4. The maximum atomic E-state index is 5.97. The van der Waals surface area contributed by atoms with Gasteiger partial charge < -0.3 is 15.4 Å². The predicted octanol–water partition coefficient (Wildman–Crippen LogP) is 4.71. The van der Waals surface area contributed by atoms with Crippen molar-refractivity contribution in [3.05, 3.63) is 76.6 Å². The molecule has 0 unspecified atom stereocenters. The molecule has 0 fully saturated rings. The standard InChI is InChI=1S/C22H23ClN6OS/c1-14-12-15(2)26-21(25-14)28-20(24-13-16-8-10-17(23)11-9-16)29-22(31)27-18-6-4-5-7-19(18)30-3/h4-12H,13H2,1-3H3,(H3,24,25,26,27,28,29,31). The molecule has 2 aromatic carbocycles. The topological polar surface area (TPSA) is 83.5 Å². The van der Waals surface area contributed by atoms with Gasteiger partial charge in [0.15, 0.2) is 5.11 Å². The van der Waals surface area contributed by atoms with Crippen LogP contribution in [0.5, 0.6) is 5.75 Å². The van der Waals surface area contributed by atoms with E-state index in [1.807, 2.05) is 68.4 Å². The third-order valence-electron chi connectivity index (χ3n) is 4.13. The average molecular weight is 455 g/mol. The van der Waals surface area contributed by atoms with Gasteiger partial charge in [0, 0.05) is 16.4 Å². The number of ether oxygens (including phenoxy) is 1. The lowest BCUT2D eigenvalue weighted by molar-refractivity contribution is 0.417. The van der Waals surface area contributed by atoms with Crippen LogP contribution in [0, 0.1) is 13.8 Å². The Balaban J connectivity index is 1.79. The van der Waals surface area contributed by atoms with Gasteiger partial charge in [-0.1, -0.05) is 35.9 Å². The largest absolute Gasteiger partial charge is 0.495 e. The van der Waals surface area contributed by atoms with Crippen molar-refractivity contribution in [2.45, 2.75) is 20.4 Å². The molecule has 0 saturated carbocycles. The highest BCUT2D eigenvalue weighted by Gasteiger charge is 2.09. The number of guanidine groups is 1. The number of aromatic nitrogens is 2. The lowest BCUT2D eigenvalue weighted by atomic mass is 10.2. The van der Waals surface area contributed by atoms with Crippen LogP contribution in [0.25, 0.3) is 0 Å². The monoisotopic (exact) mass is 454 g/mol. The minimum absolute atomic E-state index is 0.344. The Hall–Kier alpha value is -3.23. The van der Waals surface area contributed by atoms with E-state index in [1.165, 1.54) is 0 Å². The Morgan fingerprint density at radius 1 is 1.03 bits per heavy atom. The molecule has 1 heterocycles. The second kappa shape index (κ2) is 10.7. The fourth-order valence-corrected chi connectivity index (χ4v) is 3.10. The Morgan fingerprint density at radius 3 is 2.39 bits per heavy atom. The molecule has 160 valence electrons. The van der Waals surface area contributed by atoms with Gasteiger partial charge >= 0.3 is 0 Å². The van der Waals surface area contributed by atoms with E-state index in [0.29, 0.717) is 34.3 Å². The van der Waals surface area contributed by atoms with Crippen LogP contribution in [0.4, 0.5) is 11.6 Å². The summed E-state index contributed by atoms with van der Waals surface area (Å²) in [6.45, 7) is 4.23. The minimum Gasteiger partial charge on any atom is -0.495 e. The number of hydrogen-bond acceptors (Lipinski definition) is 5. The molecule has 0 spiro atoms. The van der Waals surface area contributed by atoms with Crippen LogP contribution in [0.1, 0.15) is 17.0 Å². The third-order valence-corrected chi connectivity index (χ3v) is 4.59. The highest BCUT2D eigenvalue weighted by Crippen LogP contribution is 2.22. The number of aliphatic imine (C=N–C) groups is 1. The van der Waals surface area contributed by atoms with Crippen molar-refractivity contribution in [2.75, 3.05) is 17.7 Å². The van der Waals surface area contributed by atoms with Crippen LogP contribution in [-0.4, -0.2) is 28.1 Å². The third kappa shape index (κ3) is 6.91. The molecule has 0 aliphatic heterocycles. The van der Waals surface area contributed by atoms with Crippen molar-refractivity contribution >= 4 is 46.5 Å². The van der Waals surface area contributed by atoms with Gasteiger partial charge in [0.05, 0.1) is 19.3 Å². The van der Waals surface area contributed by atoms with Crippen molar-refractivity contribution in [2.24, 2.45) is 4.99 Å². The van der Waals surface area contributed by atoms with Gasteiger partial charge in [0.1, 0.15) is 5.75 Å². The first-order valence-corrected chi connectivity index (χ1v) is 10.3. The number of nitrogens with zero attached hydrogens (tertiary/aromatic N) is 3. The fraction of sp³-hybridized carbons (Fsp3) is 0.182. The average Bonchev–Trinajstić information content (AvgIpc) is 2.73. The molecule has 3 N–H and O–H groups in total. The summed E-state index contributed by atoms with van der Waals surface area (Å²) in [5, 5.41) is 10.3. The summed E-state index contributed by atoms with van der Waals surface area (Å²) >= 11 is 11.4. The first-order valence-electron chi connectivity index (χ1n) is 9.52. The summed E-state index contributed by atoms with van der Waals surface area (Å²) in [6, 6.07) is 16.9. The van der Waals surface area contributed by atoms with E-state index in [1.54, 1.807) is 7.11 Å². The lowest BCUT2D eigenvalue weighted by Crippen LogP contribution is -2.39. The first-order chi connectivity index (χ1) is 14.9. The molecule has 1 aromatic heterocycles. The number of thiocarbonyl (C=S) groups is 1. The molecule has 7 nitrogen and oxygen atoms in total. The number of anilines is 2. The van der Waals surface area contributed by atoms with Gasteiger partial charge in [-0.3, -0.25) is 5.32 Å². The van der Waals surface area contributed by atoms with Crippen LogP contribution < -0.4 is 20.7 Å². The lowest BCUT2D eigenvalue weighted by Gasteiger charge is -2.15. The quantitative estimate of drug-likeness (QED) is 0.292. The molecule has 0 radical (unpaired) electrons. The Kier molecular flexibility index (Phi) is 7.75. The van der Waals surface area contributed by atoms with Crippen molar-refractivity contribution in [3.8, 4) is 5.75 Å². The van der Waals surface area contributed by atoms with Crippen LogP contribution >= 0.6 is 23.8 Å². The van der Waals surface area contributed by atoms with E-state index < -0.39 is 0 Å². The molecule has 0 atom stereocenters. The van der Waals surface area contributed by atoms with Gasteiger partial charge in [0.2, 0.25) is 11.9 Å². The molecule has 0 aliphatic rings. The van der Waals surface area contributed by atoms with E-state index in [0.717, 1.165) is 22.6 Å². The number of halogens is 1. The van der Waals surface area contributed by atoms with Crippen LogP contribution in [0.15, 0.2) is 59.6 Å². The van der Waals surface area contributed by atoms with E-state index in [9.17, 15) is 0 Å². The van der Waals surface area contributed by atoms with Crippen LogP contribution in [0.2, 0.25) is 5.02 Å². The summed E-state index contributed by atoms with van der Waals surface area (Å²) in [6.07, 6.45) is 0. The number of nitrogens with one attached hydrogen (secondary N) is 3. The first kappa shape index (κ1) is 22.5. The van der Waals surface area contributed by atoms with Crippen molar-refractivity contribution in [1.29, 1.82) is 0 Å². The second-order valence-corrected chi connectivity index (χ2v) is 7.51. The van der Waals surface area contributed by atoms with E-state index in [4.69, 9.17) is 28.6 Å². The normalized spacial score (nSPS) is 11.0. The molecule has 3 rings (SSSR count). The molecule has 0 amide bonds. The highest BCUT2D eigenvalue weighted by molar-refractivity contribution is 7.80. The Morgan fingerprint density at radius 2 is 1.71 bits per heavy atom. The maximum absolute atomic E-state index is 5.97. The SMILES string of the molecule is COc1ccccc1NC(=S)NC(=NCc1ccc(Cl)cc1)Nc1nc(C)cc(C)n1. The number of para-hydroxylation sites is 2. The zero-order chi connectivity index (χ0) is 22.2. The van der Waals surface area contributed by atoms with E-state index in [-0.39, 0.29) is 0 Å². The van der Waals surface area contributed by atoms with Crippen LogP contribution in [-0.2, 0) is 6.54 Å². The van der Waals surface area contributed by atoms with Crippen molar-refractivity contribution in [1.82, 2.24) is 15.3 Å². The Labute approximate surface area is 191 Å². The van der Waals surface area contributed by atoms with Crippen molar-refractivity contribution in [3.63, 3.8) is 0 Å². The molecular formula is C22H23ClN6OS. The number of methoxy groups -OCH3 is 1. The summed E-state index contributed by atoms with van der Waals surface area (Å²) < 4.78 is 5.36. The Bertz CT molecular complexity index is 1070. The molecule has 0 bridgehead atoms. The maximum Gasteiger partial charge on any atom is 0.229 e. The van der Waals surface area contributed by atoms with Gasteiger partial charge in [-0.25, -0.2) is 15.0 Å². The summed E-state index contributed by atoms with van der Waals surface area (Å²) in [7, 11) is 1.61. The smallest absolute Gasteiger partial charge is 0.229 e. The molecule has 9 heteroatoms. The van der Waals surface area contributed by atoms with Gasteiger partial charge in [0.25, 0.3) is 0 Å². The number of rotatable bonds is 5.